The zero-order valence-corrected chi connectivity index (χ0v) is 12.5. The van der Waals surface area contributed by atoms with E-state index >= 15 is 0 Å². The molecule has 0 saturated heterocycles. The number of rotatable bonds is 4. The molecular formula is C15H12FN3O2S. The summed E-state index contributed by atoms with van der Waals surface area (Å²) in [5, 5.41) is 5.79. The third-order valence-electron chi connectivity index (χ3n) is 3.03. The summed E-state index contributed by atoms with van der Waals surface area (Å²) < 4.78 is 18.8. The third-order valence-corrected chi connectivity index (χ3v) is 3.90. The van der Waals surface area contributed by atoms with E-state index in [1.807, 2.05) is 17.5 Å². The van der Waals surface area contributed by atoms with Gasteiger partial charge >= 0.3 is 0 Å². The molecule has 0 N–H and O–H groups in total. The van der Waals surface area contributed by atoms with E-state index in [4.69, 9.17) is 4.52 Å². The molecular weight excluding hydrogens is 305 g/mol. The molecule has 3 rings (SSSR count). The molecule has 2 aromatic heterocycles. The van der Waals surface area contributed by atoms with Crippen LogP contribution in [0, 0.1) is 5.82 Å². The normalized spacial score (nSPS) is 10.6. The summed E-state index contributed by atoms with van der Waals surface area (Å²) in [7, 11) is 1.56. The van der Waals surface area contributed by atoms with Crippen LogP contribution in [0.4, 0.5) is 4.39 Å². The Kier molecular flexibility index (Phi) is 3.97. The van der Waals surface area contributed by atoms with Crippen molar-refractivity contribution in [1.82, 2.24) is 15.0 Å². The van der Waals surface area contributed by atoms with Gasteiger partial charge in [-0.25, -0.2) is 4.39 Å². The lowest BCUT2D eigenvalue weighted by Gasteiger charge is -2.14. The molecule has 3 aromatic rings. The molecule has 0 radical (unpaired) electrons. The maximum absolute atomic E-state index is 13.6. The topological polar surface area (TPSA) is 59.2 Å². The van der Waals surface area contributed by atoms with Crippen molar-refractivity contribution in [2.24, 2.45) is 0 Å². The van der Waals surface area contributed by atoms with Crippen molar-refractivity contribution >= 4 is 17.2 Å². The number of aromatic nitrogens is 2. The summed E-state index contributed by atoms with van der Waals surface area (Å²) in [6.07, 6.45) is 0. The van der Waals surface area contributed by atoms with E-state index in [2.05, 4.69) is 10.1 Å². The van der Waals surface area contributed by atoms with Gasteiger partial charge in [0.15, 0.2) is 0 Å². The average Bonchev–Trinajstić information content (AvgIpc) is 3.17. The van der Waals surface area contributed by atoms with Gasteiger partial charge in [0, 0.05) is 7.05 Å². The maximum Gasteiger partial charge on any atom is 0.257 e. The van der Waals surface area contributed by atoms with Crippen LogP contribution in [0.3, 0.4) is 0 Å². The fourth-order valence-corrected chi connectivity index (χ4v) is 2.59. The van der Waals surface area contributed by atoms with E-state index in [0.29, 0.717) is 11.7 Å². The monoisotopic (exact) mass is 317 g/mol. The Morgan fingerprint density at radius 1 is 1.32 bits per heavy atom. The molecule has 1 amide bonds. The number of hydrogen-bond acceptors (Lipinski definition) is 5. The predicted octanol–water partition coefficient (Wildman–Crippen LogP) is 3.21. The summed E-state index contributed by atoms with van der Waals surface area (Å²) in [4.78, 5) is 18.7. The maximum atomic E-state index is 13.6. The van der Waals surface area contributed by atoms with Crippen molar-refractivity contribution in [3.8, 4) is 10.7 Å². The number of benzene rings is 1. The second-order valence-corrected chi connectivity index (χ2v) is 5.58. The fraction of sp³-hybridized carbons (Fsp3) is 0.133. The number of thiophene rings is 1. The van der Waals surface area contributed by atoms with Gasteiger partial charge in [-0.05, 0) is 23.6 Å². The van der Waals surface area contributed by atoms with Gasteiger partial charge in [0.1, 0.15) is 12.4 Å². The molecule has 0 spiro atoms. The first-order chi connectivity index (χ1) is 10.6. The molecule has 2 heterocycles. The molecule has 112 valence electrons. The molecule has 22 heavy (non-hydrogen) atoms. The zero-order chi connectivity index (χ0) is 15.5. The second kappa shape index (κ2) is 6.07. The minimum absolute atomic E-state index is 0.0167. The van der Waals surface area contributed by atoms with Crippen LogP contribution in [0.25, 0.3) is 10.7 Å². The van der Waals surface area contributed by atoms with Crippen molar-refractivity contribution in [2.75, 3.05) is 7.05 Å². The standard InChI is InChI=1S/C15H12FN3O2S/c1-19(15(20)10-5-2-3-6-11(10)16)9-13-17-14(18-21-13)12-7-4-8-22-12/h2-8H,9H2,1H3. The van der Waals surface area contributed by atoms with Crippen LogP contribution in [0.2, 0.25) is 0 Å². The lowest BCUT2D eigenvalue weighted by Crippen LogP contribution is -2.27. The number of halogens is 1. The molecule has 0 aliphatic heterocycles. The molecule has 0 bridgehead atoms. The van der Waals surface area contributed by atoms with E-state index in [1.165, 1.54) is 34.4 Å². The highest BCUT2D eigenvalue weighted by Crippen LogP contribution is 2.21. The lowest BCUT2D eigenvalue weighted by atomic mass is 10.2. The molecule has 0 aliphatic carbocycles. The van der Waals surface area contributed by atoms with Gasteiger partial charge in [0.05, 0.1) is 10.4 Å². The summed E-state index contributed by atoms with van der Waals surface area (Å²) >= 11 is 1.50. The van der Waals surface area contributed by atoms with E-state index in [0.717, 1.165) is 4.88 Å². The van der Waals surface area contributed by atoms with Crippen molar-refractivity contribution in [3.05, 3.63) is 59.0 Å². The minimum atomic E-state index is -0.552. The molecule has 7 heteroatoms. The largest absolute Gasteiger partial charge is 0.337 e. The van der Waals surface area contributed by atoms with Gasteiger partial charge in [-0.1, -0.05) is 23.4 Å². The Labute approximate surface area is 130 Å². The SMILES string of the molecule is CN(Cc1nc(-c2cccs2)no1)C(=O)c1ccccc1F. The molecule has 1 aromatic carbocycles. The van der Waals surface area contributed by atoms with Crippen molar-refractivity contribution in [3.63, 3.8) is 0 Å². The van der Waals surface area contributed by atoms with Crippen LogP contribution >= 0.6 is 11.3 Å². The van der Waals surface area contributed by atoms with Crippen LogP contribution in [0.15, 0.2) is 46.3 Å². The van der Waals surface area contributed by atoms with Gasteiger partial charge in [-0.3, -0.25) is 4.79 Å². The van der Waals surface area contributed by atoms with Gasteiger partial charge in [0.25, 0.3) is 5.91 Å². The quantitative estimate of drug-likeness (QED) is 0.741. The first-order valence-corrected chi connectivity index (χ1v) is 7.39. The highest BCUT2D eigenvalue weighted by Gasteiger charge is 2.18. The number of amides is 1. The van der Waals surface area contributed by atoms with Crippen LogP contribution < -0.4 is 0 Å². The van der Waals surface area contributed by atoms with Gasteiger partial charge in [0.2, 0.25) is 11.7 Å². The average molecular weight is 317 g/mol. The smallest absolute Gasteiger partial charge is 0.257 e. The number of carbonyl (C=O) groups is 1. The number of carbonyl (C=O) groups excluding carboxylic acids is 1. The molecule has 0 aliphatic rings. The number of hydrogen-bond donors (Lipinski definition) is 0. The Morgan fingerprint density at radius 3 is 2.86 bits per heavy atom. The summed E-state index contributed by atoms with van der Waals surface area (Å²) in [5.41, 5.74) is 0.0167. The highest BCUT2D eigenvalue weighted by atomic mass is 32.1. The van der Waals surface area contributed by atoms with Crippen LogP contribution in [0.1, 0.15) is 16.2 Å². The molecule has 0 saturated carbocycles. The van der Waals surface area contributed by atoms with Gasteiger partial charge < -0.3 is 9.42 Å². The van der Waals surface area contributed by atoms with E-state index in [9.17, 15) is 9.18 Å². The van der Waals surface area contributed by atoms with Crippen LogP contribution in [0.5, 0.6) is 0 Å². The van der Waals surface area contributed by atoms with Crippen molar-refractivity contribution < 1.29 is 13.7 Å². The molecule has 0 atom stereocenters. The van der Waals surface area contributed by atoms with Crippen LogP contribution in [-0.2, 0) is 6.54 Å². The second-order valence-electron chi connectivity index (χ2n) is 4.63. The molecule has 0 fully saturated rings. The Morgan fingerprint density at radius 2 is 2.14 bits per heavy atom. The number of nitrogens with zero attached hydrogens (tertiary/aromatic N) is 3. The Bertz CT molecular complexity index is 786. The predicted molar refractivity (Wildman–Crippen MR) is 79.8 cm³/mol. The molecule has 0 unspecified atom stereocenters. The summed E-state index contributed by atoms with van der Waals surface area (Å²) in [6, 6.07) is 9.63. The van der Waals surface area contributed by atoms with E-state index in [-0.39, 0.29) is 12.1 Å². The fourth-order valence-electron chi connectivity index (χ4n) is 1.94. The first-order valence-electron chi connectivity index (χ1n) is 6.51. The van der Waals surface area contributed by atoms with Crippen molar-refractivity contribution in [2.45, 2.75) is 6.54 Å². The molecule has 5 nitrogen and oxygen atoms in total. The lowest BCUT2D eigenvalue weighted by molar-refractivity contribution is 0.0765. The Hall–Kier alpha value is -2.54. The highest BCUT2D eigenvalue weighted by molar-refractivity contribution is 7.13. The summed E-state index contributed by atoms with van der Waals surface area (Å²) in [6.45, 7) is 0.117. The minimum Gasteiger partial charge on any atom is -0.337 e. The zero-order valence-electron chi connectivity index (χ0n) is 11.7. The van der Waals surface area contributed by atoms with Crippen molar-refractivity contribution in [1.29, 1.82) is 0 Å². The van der Waals surface area contributed by atoms with Gasteiger partial charge in [-0.2, -0.15) is 4.98 Å². The van der Waals surface area contributed by atoms with Gasteiger partial charge in [-0.15, -0.1) is 11.3 Å². The van der Waals surface area contributed by atoms with Crippen LogP contribution in [-0.4, -0.2) is 28.0 Å². The Balaban J connectivity index is 1.73. The first kappa shape index (κ1) is 14.4. The summed E-state index contributed by atoms with van der Waals surface area (Å²) in [5.74, 6) is -0.203. The van der Waals surface area contributed by atoms with E-state index < -0.39 is 11.7 Å². The third kappa shape index (κ3) is 2.89. The van der Waals surface area contributed by atoms with E-state index in [1.54, 1.807) is 13.1 Å².